The van der Waals surface area contributed by atoms with Gasteiger partial charge in [0.15, 0.2) is 11.6 Å². The molecule has 4 aliphatic rings. The summed E-state index contributed by atoms with van der Waals surface area (Å²) in [5.74, 6) is 0.370. The van der Waals surface area contributed by atoms with Gasteiger partial charge in [0.2, 0.25) is 5.82 Å². The van der Waals surface area contributed by atoms with E-state index in [1.165, 1.54) is 6.33 Å². The fraction of sp³-hybridized carbons (Fsp3) is 0.500. The molecule has 6 rings (SSSR count). The van der Waals surface area contributed by atoms with Crippen LogP contribution in [0.2, 0.25) is 0 Å². The summed E-state index contributed by atoms with van der Waals surface area (Å²) in [5.41, 5.74) is 0.697. The van der Waals surface area contributed by atoms with Crippen molar-refractivity contribution in [1.82, 2.24) is 20.3 Å². The van der Waals surface area contributed by atoms with E-state index in [1.54, 1.807) is 18.3 Å². The average molecular weight is 341 g/mol. The number of hydrogen-bond donors (Lipinski definition) is 1. The number of rotatable bonds is 3. The van der Waals surface area contributed by atoms with E-state index in [4.69, 9.17) is 4.74 Å². The molecule has 4 aliphatic heterocycles. The standard InChI is InChI=1S/C18H20FN5O/c1-10-15(3-2-4-20-10)25-18-16(19)17(21-9-22-18)24-13-5-11-6-14(24)8-12(7-13)23-11/h2-4,9,11-14,23H,5-8H2,1H3. The van der Waals surface area contributed by atoms with E-state index in [0.717, 1.165) is 25.7 Å². The highest BCUT2D eigenvalue weighted by Gasteiger charge is 2.48. The molecular weight excluding hydrogens is 321 g/mol. The molecule has 6 nitrogen and oxygen atoms in total. The van der Waals surface area contributed by atoms with E-state index in [9.17, 15) is 0 Å². The number of halogens is 1. The normalized spacial score (nSPS) is 29.9. The summed E-state index contributed by atoms with van der Waals surface area (Å²) in [4.78, 5) is 14.6. The van der Waals surface area contributed by atoms with Gasteiger partial charge in [-0.2, -0.15) is 9.37 Å². The van der Waals surface area contributed by atoms with Gasteiger partial charge in [-0.05, 0) is 44.7 Å². The molecule has 7 heteroatoms. The highest BCUT2D eigenvalue weighted by Crippen LogP contribution is 2.42. The summed E-state index contributed by atoms with van der Waals surface area (Å²) in [6.45, 7) is 1.82. The van der Waals surface area contributed by atoms with Crippen LogP contribution in [0.25, 0.3) is 0 Å². The lowest BCUT2D eigenvalue weighted by molar-refractivity contribution is 0.133. The maximum atomic E-state index is 15.2. The highest BCUT2D eigenvalue weighted by molar-refractivity contribution is 5.48. The van der Waals surface area contributed by atoms with Gasteiger partial charge in [0, 0.05) is 30.4 Å². The Hall–Kier alpha value is -2.28. The molecule has 0 radical (unpaired) electrons. The first-order valence-electron chi connectivity index (χ1n) is 8.83. The third kappa shape index (κ3) is 2.45. The van der Waals surface area contributed by atoms with Gasteiger partial charge in [-0.1, -0.05) is 0 Å². The first kappa shape index (κ1) is 15.0. The van der Waals surface area contributed by atoms with E-state index in [2.05, 4.69) is 25.2 Å². The quantitative estimate of drug-likeness (QED) is 0.926. The number of hydrogen-bond acceptors (Lipinski definition) is 6. The fourth-order valence-electron chi connectivity index (χ4n) is 4.68. The van der Waals surface area contributed by atoms with Crippen LogP contribution in [0, 0.1) is 12.7 Å². The van der Waals surface area contributed by atoms with Crippen molar-refractivity contribution in [1.29, 1.82) is 0 Å². The van der Waals surface area contributed by atoms with Crippen LogP contribution in [0.1, 0.15) is 31.4 Å². The molecule has 0 unspecified atom stereocenters. The second-order valence-corrected chi connectivity index (χ2v) is 7.22. The molecule has 2 aromatic rings. The summed E-state index contributed by atoms with van der Waals surface area (Å²) >= 11 is 0. The minimum absolute atomic E-state index is 0.0342. The van der Waals surface area contributed by atoms with Gasteiger partial charge < -0.3 is 15.0 Å². The Labute approximate surface area is 145 Å². The SMILES string of the molecule is Cc1ncccc1Oc1ncnc(N2C3CC4CC2CC(C3)N4)c1F. The van der Waals surface area contributed by atoms with E-state index in [0.29, 0.717) is 41.4 Å². The molecular formula is C18H20FN5O. The van der Waals surface area contributed by atoms with Gasteiger partial charge in [0.1, 0.15) is 6.33 Å². The maximum Gasteiger partial charge on any atom is 0.261 e. The molecule has 4 saturated heterocycles. The number of anilines is 1. The van der Waals surface area contributed by atoms with E-state index >= 15 is 4.39 Å². The van der Waals surface area contributed by atoms with Crippen LogP contribution in [-0.2, 0) is 0 Å². The molecule has 0 saturated carbocycles. The van der Waals surface area contributed by atoms with Crippen molar-refractivity contribution in [2.45, 2.75) is 56.8 Å². The van der Waals surface area contributed by atoms with E-state index in [1.807, 2.05) is 6.92 Å². The summed E-state index contributed by atoms with van der Waals surface area (Å²) in [7, 11) is 0. The third-order valence-corrected chi connectivity index (χ3v) is 5.63. The third-order valence-electron chi connectivity index (χ3n) is 5.63. The molecule has 0 amide bonds. The van der Waals surface area contributed by atoms with Crippen molar-refractivity contribution in [2.24, 2.45) is 0 Å². The van der Waals surface area contributed by atoms with Crippen molar-refractivity contribution in [3.05, 3.63) is 36.2 Å². The van der Waals surface area contributed by atoms with Gasteiger partial charge in [0.05, 0.1) is 5.69 Å². The van der Waals surface area contributed by atoms with Gasteiger partial charge in [-0.25, -0.2) is 4.98 Å². The summed E-state index contributed by atoms with van der Waals surface area (Å²) < 4.78 is 20.9. The molecule has 0 atom stereocenters. The van der Waals surface area contributed by atoms with Crippen LogP contribution in [0.4, 0.5) is 10.2 Å². The number of nitrogens with zero attached hydrogens (tertiary/aromatic N) is 4. The zero-order chi connectivity index (χ0) is 17.0. The minimum Gasteiger partial charge on any atom is -0.434 e. The summed E-state index contributed by atoms with van der Waals surface area (Å²) in [6, 6.07) is 5.35. The van der Waals surface area contributed by atoms with Crippen LogP contribution in [0.3, 0.4) is 0 Å². The molecule has 130 valence electrons. The molecule has 6 heterocycles. The topological polar surface area (TPSA) is 63.2 Å². The predicted octanol–water partition coefficient (Wildman–Crippen LogP) is 2.58. The number of ether oxygens (including phenoxy) is 1. The number of piperidine rings is 4. The number of aryl methyl sites for hydroxylation is 1. The van der Waals surface area contributed by atoms with Gasteiger partial charge >= 0.3 is 0 Å². The summed E-state index contributed by atoms with van der Waals surface area (Å²) in [6.07, 6.45) is 7.27. The van der Waals surface area contributed by atoms with E-state index < -0.39 is 5.82 Å². The lowest BCUT2D eigenvalue weighted by Crippen LogP contribution is -2.68. The molecule has 4 bridgehead atoms. The van der Waals surface area contributed by atoms with Crippen LogP contribution in [0.5, 0.6) is 11.6 Å². The lowest BCUT2D eigenvalue weighted by Gasteiger charge is -2.57. The Bertz CT molecular complexity index is 786. The maximum absolute atomic E-state index is 15.2. The largest absolute Gasteiger partial charge is 0.434 e. The average Bonchev–Trinajstić information content (AvgIpc) is 2.59. The van der Waals surface area contributed by atoms with Gasteiger partial charge in [-0.3, -0.25) is 4.98 Å². The molecule has 0 spiro atoms. The van der Waals surface area contributed by atoms with Crippen LogP contribution in [0.15, 0.2) is 24.7 Å². The zero-order valence-electron chi connectivity index (χ0n) is 14.0. The first-order valence-corrected chi connectivity index (χ1v) is 8.83. The Balaban J connectivity index is 1.48. The Morgan fingerprint density at radius 3 is 2.52 bits per heavy atom. The molecule has 2 aromatic heterocycles. The second kappa shape index (κ2) is 5.62. The zero-order valence-corrected chi connectivity index (χ0v) is 14.0. The molecule has 0 aromatic carbocycles. The van der Waals surface area contributed by atoms with Crippen LogP contribution in [-0.4, -0.2) is 39.1 Å². The van der Waals surface area contributed by atoms with Crippen LogP contribution >= 0.6 is 0 Å². The van der Waals surface area contributed by atoms with Crippen LogP contribution < -0.4 is 15.0 Å². The number of nitrogens with one attached hydrogen (secondary N) is 1. The smallest absolute Gasteiger partial charge is 0.261 e. The van der Waals surface area contributed by atoms with Gasteiger partial charge in [-0.15, -0.1) is 0 Å². The summed E-state index contributed by atoms with van der Waals surface area (Å²) in [5, 5.41) is 3.67. The predicted molar refractivity (Wildman–Crippen MR) is 90.3 cm³/mol. The first-order chi connectivity index (χ1) is 12.2. The lowest BCUT2D eigenvalue weighted by atomic mass is 9.74. The van der Waals surface area contributed by atoms with Crippen molar-refractivity contribution >= 4 is 5.82 Å². The van der Waals surface area contributed by atoms with Gasteiger partial charge in [0.25, 0.3) is 5.88 Å². The molecule has 25 heavy (non-hydrogen) atoms. The Morgan fingerprint density at radius 1 is 1.12 bits per heavy atom. The molecule has 4 fully saturated rings. The van der Waals surface area contributed by atoms with Crippen molar-refractivity contribution in [3.8, 4) is 11.6 Å². The fourth-order valence-corrected chi connectivity index (χ4v) is 4.68. The Kier molecular flexibility index (Phi) is 3.38. The monoisotopic (exact) mass is 341 g/mol. The number of aromatic nitrogens is 3. The molecule has 1 N–H and O–H groups in total. The van der Waals surface area contributed by atoms with Crippen molar-refractivity contribution in [3.63, 3.8) is 0 Å². The second-order valence-electron chi connectivity index (χ2n) is 7.22. The minimum atomic E-state index is -0.480. The number of pyridine rings is 1. The van der Waals surface area contributed by atoms with Crippen molar-refractivity contribution < 1.29 is 9.13 Å². The molecule has 0 aliphatic carbocycles. The highest BCUT2D eigenvalue weighted by atomic mass is 19.1. The van der Waals surface area contributed by atoms with Crippen molar-refractivity contribution in [2.75, 3.05) is 4.90 Å². The Morgan fingerprint density at radius 2 is 1.84 bits per heavy atom. The van der Waals surface area contributed by atoms with E-state index in [-0.39, 0.29) is 5.88 Å².